The molecule has 3 rings (SSSR count). The zero-order chi connectivity index (χ0) is 15.1. The molecule has 2 saturated heterocycles. The standard InChI is InChI=1S/C12H17N3O5S/c1-19-12(6-21(17,18)7-12)11(16)14-9-4-20-5-10(9)15-3-2-13-8-15/h2-3,8-10H,4-7H2,1H3,(H,14,16)/t9-,10+/m1/s1. The van der Waals surface area contributed by atoms with Crippen LogP contribution >= 0.6 is 0 Å². The second-order valence-electron chi connectivity index (χ2n) is 5.43. The van der Waals surface area contributed by atoms with Crippen LogP contribution in [0.15, 0.2) is 18.7 Å². The summed E-state index contributed by atoms with van der Waals surface area (Å²) >= 11 is 0. The summed E-state index contributed by atoms with van der Waals surface area (Å²) in [6.45, 7) is 0.848. The van der Waals surface area contributed by atoms with Crippen molar-refractivity contribution in [1.82, 2.24) is 14.9 Å². The molecule has 2 atom stereocenters. The molecule has 8 nitrogen and oxygen atoms in total. The maximum atomic E-state index is 12.4. The fourth-order valence-corrected chi connectivity index (χ4v) is 4.58. The number of aromatic nitrogens is 2. The van der Waals surface area contributed by atoms with E-state index in [0.717, 1.165) is 0 Å². The van der Waals surface area contributed by atoms with E-state index in [0.29, 0.717) is 13.2 Å². The van der Waals surface area contributed by atoms with Gasteiger partial charge in [-0.2, -0.15) is 0 Å². The number of hydrogen-bond donors (Lipinski definition) is 1. The van der Waals surface area contributed by atoms with E-state index in [1.807, 2.05) is 4.57 Å². The zero-order valence-electron chi connectivity index (χ0n) is 11.6. The number of carbonyl (C=O) groups excluding carboxylic acids is 1. The first-order valence-corrected chi connectivity index (χ1v) is 8.40. The lowest BCUT2D eigenvalue weighted by Crippen LogP contribution is -2.66. The van der Waals surface area contributed by atoms with Gasteiger partial charge in [-0.1, -0.05) is 0 Å². The molecule has 0 spiro atoms. The number of imidazole rings is 1. The van der Waals surface area contributed by atoms with Crippen LogP contribution in [0, 0.1) is 0 Å². The number of amides is 1. The third-order valence-electron chi connectivity index (χ3n) is 3.99. The molecule has 21 heavy (non-hydrogen) atoms. The van der Waals surface area contributed by atoms with Gasteiger partial charge in [-0.25, -0.2) is 13.4 Å². The third-order valence-corrected chi connectivity index (χ3v) is 5.80. The highest BCUT2D eigenvalue weighted by atomic mass is 32.2. The SMILES string of the molecule is COC1(C(=O)N[C@@H]2COC[C@@H]2n2ccnc2)CS(=O)(=O)C1. The molecule has 116 valence electrons. The summed E-state index contributed by atoms with van der Waals surface area (Å²) in [5, 5.41) is 2.85. The monoisotopic (exact) mass is 315 g/mol. The predicted molar refractivity (Wildman–Crippen MR) is 72.4 cm³/mol. The molecule has 1 N–H and O–H groups in total. The highest BCUT2D eigenvalue weighted by molar-refractivity contribution is 7.93. The molecular weight excluding hydrogens is 298 g/mol. The maximum Gasteiger partial charge on any atom is 0.254 e. The van der Waals surface area contributed by atoms with Crippen LogP contribution in [0.1, 0.15) is 6.04 Å². The fourth-order valence-electron chi connectivity index (χ4n) is 2.75. The normalized spacial score (nSPS) is 29.8. The Morgan fingerprint density at radius 1 is 1.48 bits per heavy atom. The Bertz CT molecular complexity index is 615. The predicted octanol–water partition coefficient (Wildman–Crippen LogP) is -1.25. The molecule has 3 heterocycles. The van der Waals surface area contributed by atoms with Crippen molar-refractivity contribution in [3.8, 4) is 0 Å². The van der Waals surface area contributed by atoms with E-state index < -0.39 is 21.3 Å². The van der Waals surface area contributed by atoms with Crippen molar-refractivity contribution in [2.24, 2.45) is 0 Å². The van der Waals surface area contributed by atoms with Crippen molar-refractivity contribution >= 4 is 15.7 Å². The molecular formula is C12H17N3O5S. The van der Waals surface area contributed by atoms with Gasteiger partial charge in [0.15, 0.2) is 15.4 Å². The van der Waals surface area contributed by atoms with Gasteiger partial charge >= 0.3 is 0 Å². The van der Waals surface area contributed by atoms with Crippen molar-refractivity contribution < 1.29 is 22.7 Å². The van der Waals surface area contributed by atoms with E-state index >= 15 is 0 Å². The fraction of sp³-hybridized carbons (Fsp3) is 0.667. The smallest absolute Gasteiger partial charge is 0.254 e. The van der Waals surface area contributed by atoms with Crippen molar-refractivity contribution in [1.29, 1.82) is 0 Å². The molecule has 0 aliphatic carbocycles. The first-order valence-electron chi connectivity index (χ1n) is 6.57. The molecule has 2 aliphatic rings. The molecule has 0 unspecified atom stereocenters. The van der Waals surface area contributed by atoms with E-state index in [9.17, 15) is 13.2 Å². The van der Waals surface area contributed by atoms with E-state index in [1.54, 1.807) is 18.7 Å². The van der Waals surface area contributed by atoms with E-state index in [4.69, 9.17) is 9.47 Å². The van der Waals surface area contributed by atoms with E-state index in [-0.39, 0.29) is 23.6 Å². The summed E-state index contributed by atoms with van der Waals surface area (Å²) in [6.07, 6.45) is 5.13. The summed E-state index contributed by atoms with van der Waals surface area (Å²) in [4.78, 5) is 16.3. The Hall–Kier alpha value is -1.45. The summed E-state index contributed by atoms with van der Waals surface area (Å²) in [6, 6.07) is -0.288. The van der Waals surface area contributed by atoms with Crippen LogP contribution < -0.4 is 5.32 Å². The van der Waals surface area contributed by atoms with Gasteiger partial charge in [0.1, 0.15) is 0 Å². The number of nitrogens with one attached hydrogen (secondary N) is 1. The molecule has 0 saturated carbocycles. The Morgan fingerprint density at radius 2 is 2.24 bits per heavy atom. The van der Waals surface area contributed by atoms with Crippen LogP contribution in [0.2, 0.25) is 0 Å². The Balaban J connectivity index is 1.70. The second kappa shape index (κ2) is 5.08. The lowest BCUT2D eigenvalue weighted by molar-refractivity contribution is -0.141. The average molecular weight is 315 g/mol. The molecule has 0 aromatic carbocycles. The largest absolute Gasteiger partial charge is 0.377 e. The Kier molecular flexibility index (Phi) is 3.50. The summed E-state index contributed by atoms with van der Waals surface area (Å²) in [5.74, 6) is -0.947. The van der Waals surface area contributed by atoms with Gasteiger partial charge in [0.2, 0.25) is 0 Å². The average Bonchev–Trinajstić information content (AvgIpc) is 3.05. The molecule has 2 fully saturated rings. The lowest BCUT2D eigenvalue weighted by atomic mass is 10.1. The van der Waals surface area contributed by atoms with Crippen LogP contribution in [-0.4, -0.2) is 67.3 Å². The summed E-state index contributed by atoms with van der Waals surface area (Å²) < 4.78 is 35.2. The second-order valence-corrected chi connectivity index (χ2v) is 7.49. The van der Waals surface area contributed by atoms with Crippen molar-refractivity contribution in [3.63, 3.8) is 0 Å². The topological polar surface area (TPSA) is 99.5 Å². The molecule has 1 amide bonds. The van der Waals surface area contributed by atoms with Crippen molar-refractivity contribution in [2.75, 3.05) is 31.8 Å². The third kappa shape index (κ3) is 2.56. The molecule has 1 aromatic heterocycles. The van der Waals surface area contributed by atoms with E-state index in [2.05, 4.69) is 10.3 Å². The van der Waals surface area contributed by atoms with Crippen molar-refractivity contribution in [2.45, 2.75) is 17.7 Å². The summed E-state index contributed by atoms with van der Waals surface area (Å²) in [7, 11) is -1.81. The molecule has 1 aromatic rings. The zero-order valence-corrected chi connectivity index (χ0v) is 12.4. The van der Waals surface area contributed by atoms with Gasteiger partial charge in [0, 0.05) is 19.5 Å². The van der Waals surface area contributed by atoms with Gasteiger partial charge in [-0.3, -0.25) is 4.79 Å². The van der Waals surface area contributed by atoms with Crippen LogP contribution in [0.3, 0.4) is 0 Å². The van der Waals surface area contributed by atoms with Crippen LogP contribution in [-0.2, 0) is 24.1 Å². The number of methoxy groups -OCH3 is 1. The van der Waals surface area contributed by atoms with Crippen LogP contribution in [0.25, 0.3) is 0 Å². The summed E-state index contributed by atoms with van der Waals surface area (Å²) in [5.41, 5.74) is -1.26. The Labute approximate surface area is 122 Å². The minimum Gasteiger partial charge on any atom is -0.377 e. The molecule has 9 heteroatoms. The van der Waals surface area contributed by atoms with Crippen molar-refractivity contribution in [3.05, 3.63) is 18.7 Å². The highest BCUT2D eigenvalue weighted by Crippen LogP contribution is 2.28. The maximum absolute atomic E-state index is 12.4. The minimum atomic E-state index is -3.17. The van der Waals surface area contributed by atoms with Crippen LogP contribution in [0.4, 0.5) is 0 Å². The molecule has 0 bridgehead atoms. The minimum absolute atomic E-state index is 0.0537. The first-order chi connectivity index (χ1) is 9.96. The Morgan fingerprint density at radius 3 is 2.81 bits per heavy atom. The van der Waals surface area contributed by atoms with Gasteiger partial charge in [-0.05, 0) is 0 Å². The number of sulfone groups is 1. The lowest BCUT2D eigenvalue weighted by Gasteiger charge is -2.38. The quantitative estimate of drug-likeness (QED) is 0.745. The highest BCUT2D eigenvalue weighted by Gasteiger charge is 2.55. The van der Waals surface area contributed by atoms with Gasteiger partial charge in [0.05, 0.1) is 43.1 Å². The van der Waals surface area contributed by atoms with Gasteiger partial charge in [-0.15, -0.1) is 0 Å². The number of nitrogens with zero attached hydrogens (tertiary/aromatic N) is 2. The first kappa shape index (κ1) is 14.5. The number of rotatable bonds is 4. The molecule has 2 aliphatic heterocycles. The number of ether oxygens (including phenoxy) is 2. The van der Waals surface area contributed by atoms with Gasteiger partial charge < -0.3 is 19.4 Å². The number of carbonyl (C=O) groups is 1. The van der Waals surface area contributed by atoms with Crippen LogP contribution in [0.5, 0.6) is 0 Å². The van der Waals surface area contributed by atoms with E-state index in [1.165, 1.54) is 7.11 Å². The number of hydrogen-bond acceptors (Lipinski definition) is 6. The molecule has 0 radical (unpaired) electrons. The van der Waals surface area contributed by atoms with Gasteiger partial charge in [0.25, 0.3) is 5.91 Å².